The van der Waals surface area contributed by atoms with Gasteiger partial charge in [0.05, 0.1) is 18.0 Å². The van der Waals surface area contributed by atoms with Crippen molar-refractivity contribution in [1.82, 2.24) is 15.6 Å². The van der Waals surface area contributed by atoms with Crippen molar-refractivity contribution in [3.05, 3.63) is 51.0 Å². The monoisotopic (exact) mass is 508 g/mol. The van der Waals surface area contributed by atoms with Crippen LogP contribution in [0.15, 0.2) is 29.3 Å². The second-order valence-corrected chi connectivity index (χ2v) is 9.34. The van der Waals surface area contributed by atoms with Gasteiger partial charge in [0, 0.05) is 24.7 Å². The maximum absolute atomic E-state index is 11.3. The highest BCUT2D eigenvalue weighted by Crippen LogP contribution is 2.15. The molecule has 0 bridgehead atoms. The van der Waals surface area contributed by atoms with Gasteiger partial charge in [0.15, 0.2) is 15.8 Å². The van der Waals surface area contributed by atoms with Crippen molar-refractivity contribution in [2.24, 2.45) is 4.99 Å². The molecule has 0 fully saturated rings. The molecule has 6 nitrogen and oxygen atoms in total. The molecule has 9 heteroatoms. The first kappa shape index (κ1) is 22.8. The van der Waals surface area contributed by atoms with Crippen LogP contribution in [0.5, 0.6) is 0 Å². The average Bonchev–Trinajstić information content (AvgIpc) is 2.86. The highest BCUT2D eigenvalue weighted by atomic mass is 127. The molecule has 144 valence electrons. The summed E-state index contributed by atoms with van der Waals surface area (Å²) in [5, 5.41) is 7.52. The first-order chi connectivity index (χ1) is 11.8. The van der Waals surface area contributed by atoms with Crippen LogP contribution in [-0.2, 0) is 28.7 Å². The fourth-order valence-corrected chi connectivity index (χ4v) is 3.91. The number of thiazole rings is 1. The summed E-state index contributed by atoms with van der Waals surface area (Å²) in [7, 11) is -1.28. The molecular formula is C17H25IN4O2S2. The van der Waals surface area contributed by atoms with E-state index in [4.69, 9.17) is 0 Å². The van der Waals surface area contributed by atoms with Gasteiger partial charge in [-0.2, -0.15) is 0 Å². The third-order valence-corrected chi connectivity index (χ3v) is 5.55. The Hall–Kier alpha value is -1.20. The Balaban J connectivity index is 0.00000338. The Morgan fingerprint density at radius 3 is 2.19 bits per heavy atom. The summed E-state index contributed by atoms with van der Waals surface area (Å²) in [6.45, 7) is 5.31. The lowest BCUT2D eigenvalue weighted by Gasteiger charge is -2.11. The number of benzene rings is 1. The molecule has 0 unspecified atom stereocenters. The summed E-state index contributed by atoms with van der Waals surface area (Å²) in [6, 6.07) is 7.54. The quantitative estimate of drug-likeness (QED) is 0.356. The number of aliphatic imine (C=N–C) groups is 1. The first-order valence-corrected chi connectivity index (χ1v) is 10.8. The normalized spacial score (nSPS) is 11.8. The van der Waals surface area contributed by atoms with Crippen molar-refractivity contribution in [3.63, 3.8) is 0 Å². The lowest BCUT2D eigenvalue weighted by atomic mass is 10.1. The van der Waals surface area contributed by atoms with E-state index in [0.717, 1.165) is 21.8 Å². The molecule has 0 aliphatic carbocycles. The van der Waals surface area contributed by atoms with E-state index in [1.165, 1.54) is 11.1 Å². The molecule has 1 aromatic heterocycles. The third-order valence-electron chi connectivity index (χ3n) is 3.62. The van der Waals surface area contributed by atoms with E-state index in [-0.39, 0.29) is 29.7 Å². The smallest absolute Gasteiger partial charge is 0.191 e. The lowest BCUT2D eigenvalue weighted by Crippen LogP contribution is -2.36. The van der Waals surface area contributed by atoms with Crippen LogP contribution in [0.3, 0.4) is 0 Å². The Kier molecular flexibility index (Phi) is 8.97. The van der Waals surface area contributed by atoms with Crippen LogP contribution < -0.4 is 10.6 Å². The number of guanidine groups is 1. The van der Waals surface area contributed by atoms with Crippen LogP contribution in [0.25, 0.3) is 0 Å². The number of halogens is 1. The van der Waals surface area contributed by atoms with Gasteiger partial charge in [-0.15, -0.1) is 35.3 Å². The number of nitrogens with zero attached hydrogens (tertiary/aromatic N) is 2. The molecule has 0 spiro atoms. The van der Waals surface area contributed by atoms with Crippen LogP contribution in [-0.4, -0.2) is 32.7 Å². The van der Waals surface area contributed by atoms with E-state index < -0.39 is 9.84 Å². The fourth-order valence-electron chi connectivity index (χ4n) is 2.24. The van der Waals surface area contributed by atoms with Crippen molar-refractivity contribution >= 4 is 51.1 Å². The molecule has 2 N–H and O–H groups in total. The molecular weight excluding hydrogens is 483 g/mol. The summed E-state index contributed by atoms with van der Waals surface area (Å²) in [5.41, 5.74) is 2.92. The van der Waals surface area contributed by atoms with E-state index in [1.807, 2.05) is 31.2 Å². The van der Waals surface area contributed by atoms with E-state index >= 15 is 0 Å². The first-order valence-electron chi connectivity index (χ1n) is 7.90. The minimum atomic E-state index is -3.00. The number of sulfone groups is 1. The van der Waals surface area contributed by atoms with Crippen molar-refractivity contribution in [3.8, 4) is 0 Å². The van der Waals surface area contributed by atoms with Gasteiger partial charge < -0.3 is 10.6 Å². The van der Waals surface area contributed by atoms with Crippen LogP contribution >= 0.6 is 35.3 Å². The zero-order valence-electron chi connectivity index (χ0n) is 15.4. The van der Waals surface area contributed by atoms with Crippen molar-refractivity contribution < 1.29 is 8.42 Å². The minimum Gasteiger partial charge on any atom is -0.352 e. The number of aromatic nitrogens is 1. The highest BCUT2D eigenvalue weighted by Gasteiger charge is 2.06. The van der Waals surface area contributed by atoms with Crippen molar-refractivity contribution in [2.45, 2.75) is 32.7 Å². The number of aryl methyl sites for hydroxylation is 2. The van der Waals surface area contributed by atoms with E-state index in [2.05, 4.69) is 27.5 Å². The Labute approximate surface area is 176 Å². The van der Waals surface area contributed by atoms with Gasteiger partial charge in [-0.1, -0.05) is 24.3 Å². The number of nitrogens with one attached hydrogen (secondary N) is 2. The molecule has 0 aliphatic rings. The van der Waals surface area contributed by atoms with Crippen molar-refractivity contribution in [2.75, 3.05) is 13.3 Å². The number of hydrogen-bond donors (Lipinski definition) is 2. The molecule has 0 saturated heterocycles. The lowest BCUT2D eigenvalue weighted by molar-refractivity contribution is 0.601. The minimum absolute atomic E-state index is 0. The second-order valence-electron chi connectivity index (χ2n) is 5.92. The summed E-state index contributed by atoms with van der Waals surface area (Å²) < 4.78 is 22.6. The van der Waals surface area contributed by atoms with Crippen molar-refractivity contribution in [1.29, 1.82) is 0 Å². The molecule has 0 saturated carbocycles. The van der Waals surface area contributed by atoms with Crippen LogP contribution in [0.4, 0.5) is 0 Å². The third kappa shape index (κ3) is 7.58. The maximum atomic E-state index is 11.3. The molecule has 1 aromatic carbocycles. The topological polar surface area (TPSA) is 83.5 Å². The zero-order valence-corrected chi connectivity index (χ0v) is 19.3. The van der Waals surface area contributed by atoms with Gasteiger partial charge >= 0.3 is 0 Å². The van der Waals surface area contributed by atoms with Crippen LogP contribution in [0.2, 0.25) is 0 Å². The molecule has 0 atom stereocenters. The SMILES string of the molecule is CN=C(NCc1ccc(CS(C)(=O)=O)cc1)NCc1nc(C)c(C)s1.I. The highest BCUT2D eigenvalue weighted by molar-refractivity contribution is 14.0. The largest absolute Gasteiger partial charge is 0.352 e. The van der Waals surface area contributed by atoms with Gasteiger partial charge in [-0.3, -0.25) is 4.99 Å². The second kappa shape index (κ2) is 10.2. The number of rotatable bonds is 6. The van der Waals surface area contributed by atoms with Gasteiger partial charge in [0.2, 0.25) is 0 Å². The van der Waals surface area contributed by atoms with Gasteiger partial charge in [-0.25, -0.2) is 13.4 Å². The Morgan fingerprint density at radius 1 is 1.12 bits per heavy atom. The van der Waals surface area contributed by atoms with Crippen LogP contribution in [0.1, 0.15) is 26.7 Å². The summed E-state index contributed by atoms with van der Waals surface area (Å²) in [5.74, 6) is 0.766. The fraction of sp³-hybridized carbons (Fsp3) is 0.412. The Morgan fingerprint density at radius 2 is 1.69 bits per heavy atom. The van der Waals surface area contributed by atoms with Gasteiger partial charge in [0.25, 0.3) is 0 Å². The molecule has 0 aliphatic heterocycles. The van der Waals surface area contributed by atoms with E-state index in [9.17, 15) is 8.42 Å². The van der Waals surface area contributed by atoms with E-state index in [0.29, 0.717) is 19.0 Å². The molecule has 0 amide bonds. The predicted molar refractivity (Wildman–Crippen MR) is 119 cm³/mol. The Bertz CT molecular complexity index is 827. The molecule has 1 heterocycles. The molecule has 26 heavy (non-hydrogen) atoms. The summed E-state index contributed by atoms with van der Waals surface area (Å²) in [6.07, 6.45) is 1.24. The summed E-state index contributed by atoms with van der Waals surface area (Å²) >= 11 is 1.68. The van der Waals surface area contributed by atoms with Crippen LogP contribution in [0, 0.1) is 13.8 Å². The summed E-state index contributed by atoms with van der Waals surface area (Å²) in [4.78, 5) is 9.93. The maximum Gasteiger partial charge on any atom is 0.191 e. The molecule has 0 radical (unpaired) electrons. The zero-order chi connectivity index (χ0) is 18.4. The average molecular weight is 508 g/mol. The predicted octanol–water partition coefficient (Wildman–Crippen LogP) is 2.79. The standard InChI is InChI=1S/C17H24N4O2S2.HI/c1-12-13(2)24-16(21-12)10-20-17(18-3)19-9-14-5-7-15(8-6-14)11-25(4,22)23;/h5-8H,9-11H2,1-4H3,(H2,18,19,20);1H. The van der Waals surface area contributed by atoms with E-state index in [1.54, 1.807) is 18.4 Å². The molecule has 2 aromatic rings. The number of hydrogen-bond acceptors (Lipinski definition) is 5. The molecule has 2 rings (SSSR count). The van der Waals surface area contributed by atoms with Gasteiger partial charge in [-0.05, 0) is 25.0 Å². The van der Waals surface area contributed by atoms with Gasteiger partial charge in [0.1, 0.15) is 5.01 Å².